The van der Waals surface area contributed by atoms with Crippen LogP contribution in [-0.4, -0.2) is 317 Å². The average molecular weight is 1760 g/mol. The number of aliphatic hydroxyl groups excluding tert-OH is 20. The predicted octanol–water partition coefficient (Wildman–Crippen LogP) is 6.64. The minimum Gasteiger partial charge on any atom is -0.394 e. The van der Waals surface area contributed by atoms with Gasteiger partial charge in [0.05, 0.1) is 63.6 Å². The van der Waals surface area contributed by atoms with E-state index in [-0.39, 0.29) is 73.9 Å². The zero-order chi connectivity index (χ0) is 91.9. The number of ketones is 5. The van der Waals surface area contributed by atoms with Gasteiger partial charge < -0.3 is 126 Å². The van der Waals surface area contributed by atoms with E-state index in [1.807, 2.05) is 36.5 Å². The number of aliphatic hydroxyl groups is 20. The fraction of sp³-hybridized carbons (Fsp3) is 0.839. The number of rotatable bonds is 58. The van der Waals surface area contributed by atoms with Crippen LogP contribution in [0.25, 0.3) is 0 Å². The second kappa shape index (κ2) is 72.8. The van der Waals surface area contributed by atoms with Gasteiger partial charge >= 0.3 is 0 Å². The van der Waals surface area contributed by atoms with Crippen LogP contribution in [0.1, 0.15) is 311 Å². The Morgan fingerprint density at radius 1 is 0.203 bits per heavy atom. The molecule has 5 heterocycles. The van der Waals surface area contributed by atoms with Gasteiger partial charge in [-0.1, -0.05) is 244 Å². The molecule has 0 aromatic heterocycles. The molecule has 0 aromatic rings. The van der Waals surface area contributed by atoms with Gasteiger partial charge in [-0.15, -0.1) is 0 Å². The molecule has 30 nitrogen and oxygen atoms in total. The first-order valence-electron chi connectivity index (χ1n) is 46.5. The van der Waals surface area contributed by atoms with Gasteiger partial charge in [0.15, 0.2) is 17.3 Å². The van der Waals surface area contributed by atoms with Crippen molar-refractivity contribution in [1.82, 2.24) is 0 Å². The summed E-state index contributed by atoms with van der Waals surface area (Å²) in [5.41, 5.74) is 0. The maximum atomic E-state index is 12.1. The van der Waals surface area contributed by atoms with Crippen LogP contribution >= 0.6 is 0 Å². The molecule has 5 fully saturated rings. The van der Waals surface area contributed by atoms with E-state index in [1.165, 1.54) is 159 Å². The van der Waals surface area contributed by atoms with Gasteiger partial charge in [0, 0.05) is 44.9 Å². The summed E-state index contributed by atoms with van der Waals surface area (Å²) in [6.07, 6.45) is 30.0. The van der Waals surface area contributed by atoms with Crippen molar-refractivity contribution >= 4 is 28.9 Å². The zero-order valence-electron chi connectivity index (χ0n) is 74.7. The standard InChI is InChI=1S/2C21H38O6.C19H34O6.C17H30O6.C15H26O6/c2*1-2-3-4-5-6-7-8-9-10-11-12-13-16(23)14-17-19(24)21(26)20(25)18(15-22)27-17;1-2-3-4-5-6-7-8-9-10-11-14(21)12-15-17(22)19(24)18(23)16(13-20)25-15;1-2-3-4-5-6-7-8-9-12(19)10-13-15(20)17(22)16(21)14(11-18)23-13;1-2-3-4-5-6-7-10(17)8-11-13(18)15(20)14(19)12(9-16)21-11/h2*11-12,17-22,24-26H,2-10,13-15H2,1H3;10-11,15-20,22-24H,2-9,12-13H2,1H3;8-9,13-18,20-22H,2-7,10-11H2,1H3;6-7,11-16,18-20H,2-5,8-9H2,1H3/b12-11+;12-11-;11-10+;9-8+;7-6+/t2*17-,18?,19?,20+,21+;15-,16?,17?,18+,19+;13-,14?,15?,16+,17+;11-,12?,13?,14+,15+/m00000/s1. The fourth-order valence-electron chi connectivity index (χ4n) is 14.8. The third-order valence-corrected chi connectivity index (χ3v) is 22.8. The lowest BCUT2D eigenvalue weighted by molar-refractivity contribution is -0.229. The van der Waals surface area contributed by atoms with Crippen molar-refractivity contribution in [2.45, 2.75) is 463 Å². The van der Waals surface area contributed by atoms with Gasteiger partial charge in [-0.2, -0.15) is 0 Å². The summed E-state index contributed by atoms with van der Waals surface area (Å²) in [6.45, 7) is 8.51. The molecule has 0 aliphatic carbocycles. The maximum Gasteiger partial charge on any atom is 0.158 e. The zero-order valence-corrected chi connectivity index (χ0v) is 74.7. The molecule has 123 heavy (non-hydrogen) atoms. The summed E-state index contributed by atoms with van der Waals surface area (Å²) in [6, 6.07) is 0. The summed E-state index contributed by atoms with van der Waals surface area (Å²) in [4.78, 5) is 59.7. The number of unbranched alkanes of at least 4 members (excludes halogenated alkanes) is 31. The molecule has 5 aliphatic rings. The molecule has 30 heteroatoms. The third-order valence-electron chi connectivity index (χ3n) is 22.8. The van der Waals surface area contributed by atoms with E-state index in [9.17, 15) is 101 Å². The van der Waals surface area contributed by atoms with Crippen LogP contribution in [-0.2, 0) is 47.7 Å². The van der Waals surface area contributed by atoms with Gasteiger partial charge in [-0.05, 0) is 82.4 Å². The van der Waals surface area contributed by atoms with E-state index in [2.05, 4.69) is 34.6 Å². The molecule has 718 valence electrons. The summed E-state index contributed by atoms with van der Waals surface area (Å²) < 4.78 is 26.6. The molecule has 5 rings (SSSR count). The van der Waals surface area contributed by atoms with E-state index in [1.54, 1.807) is 6.08 Å². The van der Waals surface area contributed by atoms with Gasteiger partial charge in [0.2, 0.25) is 0 Å². The molecular weight excluding hydrogens is 1600 g/mol. The Balaban J connectivity index is 0.000000771. The molecule has 0 saturated carbocycles. The van der Waals surface area contributed by atoms with Crippen LogP contribution in [0, 0.1) is 0 Å². The summed E-state index contributed by atoms with van der Waals surface area (Å²) in [7, 11) is 0. The number of Topliss-reactive ketones (excluding diaryl/α,β-unsaturated/α-hetero) is 2. The van der Waals surface area contributed by atoms with E-state index in [4.69, 9.17) is 49.2 Å². The first-order valence-corrected chi connectivity index (χ1v) is 46.5. The molecule has 0 amide bonds. The highest BCUT2D eigenvalue weighted by Gasteiger charge is 2.48. The van der Waals surface area contributed by atoms with Crippen molar-refractivity contribution in [2.24, 2.45) is 0 Å². The normalized spacial score (nSPS) is 30.3. The molecule has 0 bridgehead atoms. The second-order valence-electron chi connectivity index (χ2n) is 33.5. The number of carbonyl (C=O) groups excluding carboxylic acids is 5. The van der Waals surface area contributed by atoms with E-state index >= 15 is 0 Å². The van der Waals surface area contributed by atoms with Gasteiger partial charge in [0.25, 0.3) is 0 Å². The summed E-state index contributed by atoms with van der Waals surface area (Å²) >= 11 is 0. The van der Waals surface area contributed by atoms with Crippen molar-refractivity contribution in [3.8, 4) is 0 Å². The molecule has 0 spiro atoms. The van der Waals surface area contributed by atoms with Gasteiger partial charge in [0.1, 0.15) is 134 Å². The monoisotopic (exact) mass is 1760 g/mol. The van der Waals surface area contributed by atoms with Crippen LogP contribution < -0.4 is 0 Å². The molecule has 0 aromatic carbocycles. The number of hydrogen-bond acceptors (Lipinski definition) is 30. The van der Waals surface area contributed by atoms with Crippen molar-refractivity contribution in [2.75, 3.05) is 33.0 Å². The van der Waals surface area contributed by atoms with E-state index < -0.39 is 186 Å². The van der Waals surface area contributed by atoms with Crippen molar-refractivity contribution in [3.63, 3.8) is 0 Å². The lowest BCUT2D eigenvalue weighted by atomic mass is 9.92. The Hall–Kier alpha value is -3.95. The largest absolute Gasteiger partial charge is 0.394 e. The Morgan fingerprint density at radius 2 is 0.366 bits per heavy atom. The second-order valence-corrected chi connectivity index (χ2v) is 33.5. The topological polar surface area (TPSA) is 536 Å². The van der Waals surface area contributed by atoms with Crippen LogP contribution in [0.3, 0.4) is 0 Å². The molecule has 25 atom stereocenters. The quantitative estimate of drug-likeness (QED) is 0.0172. The van der Waals surface area contributed by atoms with Crippen molar-refractivity contribution in [1.29, 1.82) is 0 Å². The highest BCUT2D eigenvalue weighted by Crippen LogP contribution is 2.30. The van der Waals surface area contributed by atoms with Crippen LogP contribution in [0.5, 0.6) is 0 Å². The van der Waals surface area contributed by atoms with Crippen LogP contribution in [0.15, 0.2) is 60.8 Å². The summed E-state index contributed by atoms with van der Waals surface area (Å²) in [5, 5.41) is 192. The third kappa shape index (κ3) is 49.6. The predicted molar refractivity (Wildman–Crippen MR) is 466 cm³/mol. The Kier molecular flexibility index (Phi) is 69.3. The lowest BCUT2D eigenvalue weighted by Crippen LogP contribution is -2.58. The van der Waals surface area contributed by atoms with E-state index in [0.29, 0.717) is 0 Å². The van der Waals surface area contributed by atoms with E-state index in [0.717, 1.165) is 89.9 Å². The smallest absolute Gasteiger partial charge is 0.158 e. The Labute approximate surface area is 732 Å². The summed E-state index contributed by atoms with van der Waals surface area (Å²) in [5.74, 6) is -0.830. The highest BCUT2D eigenvalue weighted by atomic mass is 16.6. The van der Waals surface area contributed by atoms with Gasteiger partial charge in [-0.25, -0.2) is 0 Å². The number of carbonyl (C=O) groups is 5. The first kappa shape index (κ1) is 117. The number of allylic oxidation sites excluding steroid dienone is 10. The molecule has 5 saturated heterocycles. The first-order chi connectivity index (χ1) is 59.0. The lowest BCUT2D eigenvalue weighted by Gasteiger charge is -2.39. The molecule has 20 N–H and O–H groups in total. The van der Waals surface area contributed by atoms with Crippen molar-refractivity contribution < 1.29 is 150 Å². The SMILES string of the molecule is CCCCC/C=C/C(=O)C[C@@H]1OC(CO)[C@@H](O)[C@H](O)C1O.CCCCCCC/C=C/C(=O)C[C@@H]1OC(CO)[C@@H](O)[C@H](O)C1O.CCCCCCCCC/C=C/C(=O)C[C@@H]1OC(CO)[C@@H](O)[C@H](O)C1O.CCCCCCCCCC/C=C/CC(=O)C[C@@H]1OC(CO)[C@@H](O)[C@H](O)C1O.CCCCCCCCCC/C=C\CC(=O)C[C@@H]1OC(CO)[C@@H](O)[C@H](O)C1O. The number of ether oxygens (including phenoxy) is 5. The Bertz CT molecular complexity index is 2720. The Morgan fingerprint density at radius 3 is 0.569 bits per heavy atom. The molecule has 5 aliphatic heterocycles. The number of hydrogen-bond donors (Lipinski definition) is 20. The molecule has 0 radical (unpaired) electrons. The van der Waals surface area contributed by atoms with Crippen LogP contribution in [0.4, 0.5) is 0 Å². The van der Waals surface area contributed by atoms with Crippen LogP contribution in [0.2, 0.25) is 0 Å². The molecule has 10 unspecified atom stereocenters. The minimum atomic E-state index is -1.43. The highest BCUT2D eigenvalue weighted by molar-refractivity contribution is 5.91. The maximum absolute atomic E-state index is 12.1. The van der Waals surface area contributed by atoms with Gasteiger partial charge in [-0.3, -0.25) is 24.0 Å². The molecular formula is C93H166O30. The fourth-order valence-corrected chi connectivity index (χ4v) is 14.8. The minimum absolute atomic E-state index is 0.0520. The van der Waals surface area contributed by atoms with Crippen molar-refractivity contribution in [3.05, 3.63) is 60.8 Å². The average Bonchev–Trinajstić information content (AvgIpc) is 0.844.